The monoisotopic (exact) mass is 478 g/mol. The highest BCUT2D eigenvalue weighted by Crippen LogP contribution is 2.59. The van der Waals surface area contributed by atoms with E-state index in [4.69, 9.17) is 4.43 Å². The maximum absolute atomic E-state index is 6.94. The van der Waals surface area contributed by atoms with E-state index in [1.807, 2.05) is 0 Å². The third-order valence-corrected chi connectivity index (χ3v) is 12.4. The molecule has 0 aromatic rings. The lowest BCUT2D eigenvalue weighted by Gasteiger charge is -2.49. The number of hydrogen-bond donors (Lipinski definition) is 0. The Kier molecular flexibility index (Phi) is 6.60. The van der Waals surface area contributed by atoms with Crippen LogP contribution in [-0.4, -0.2) is 14.4 Å². The predicted molar refractivity (Wildman–Crippen MR) is 115 cm³/mol. The fourth-order valence-corrected chi connectivity index (χ4v) is 7.26. The van der Waals surface area contributed by atoms with Gasteiger partial charge in [-0.2, -0.15) is 0 Å². The molecule has 2 fully saturated rings. The summed E-state index contributed by atoms with van der Waals surface area (Å²) in [5.41, 5.74) is 0.441. The Morgan fingerprint density at radius 1 is 1.21 bits per heavy atom. The molecule has 2 rings (SSSR count). The average Bonchev–Trinajstić information content (AvgIpc) is 2.74. The quantitative estimate of drug-likeness (QED) is 0.372. The lowest BCUT2D eigenvalue weighted by molar-refractivity contribution is -0.0162. The van der Waals surface area contributed by atoms with Crippen LogP contribution < -0.4 is 0 Å². The molecule has 140 valence electrons. The second-order valence-corrected chi connectivity index (χ2v) is 17.4. The molecule has 24 heavy (non-hydrogen) atoms. The van der Waals surface area contributed by atoms with Crippen molar-refractivity contribution in [2.45, 2.75) is 91.0 Å². The molecule has 1 unspecified atom stereocenters. The van der Waals surface area contributed by atoms with E-state index in [1.54, 1.807) is 0 Å². The summed E-state index contributed by atoms with van der Waals surface area (Å²) >= 11 is 7.12. The Morgan fingerprint density at radius 3 is 2.38 bits per heavy atom. The first-order valence-electron chi connectivity index (χ1n) is 9.59. The molecule has 0 radical (unpaired) electrons. The number of allylic oxidation sites excluding steroid dienone is 1. The van der Waals surface area contributed by atoms with Crippen molar-refractivity contribution in [3.05, 3.63) is 9.47 Å². The van der Waals surface area contributed by atoms with Crippen molar-refractivity contribution >= 4 is 40.2 Å². The van der Waals surface area contributed by atoms with Gasteiger partial charge in [0.2, 0.25) is 0 Å². The molecule has 0 aromatic heterocycles. The molecule has 0 heterocycles. The van der Waals surface area contributed by atoms with Crippen molar-refractivity contribution in [3.8, 4) is 0 Å². The molecule has 5 atom stereocenters. The molecule has 0 amide bonds. The van der Waals surface area contributed by atoms with E-state index >= 15 is 0 Å². The first-order valence-corrected chi connectivity index (χ1v) is 14.1. The number of fused-ring (bicyclic) bond motifs is 1. The van der Waals surface area contributed by atoms with Crippen molar-refractivity contribution < 1.29 is 4.43 Å². The van der Waals surface area contributed by atoms with Gasteiger partial charge in [0.15, 0.2) is 8.32 Å². The molecule has 0 bridgehead atoms. The topological polar surface area (TPSA) is 9.23 Å². The van der Waals surface area contributed by atoms with Crippen molar-refractivity contribution in [2.24, 2.45) is 23.2 Å². The lowest BCUT2D eigenvalue weighted by atomic mass is 9.62. The first kappa shape index (κ1) is 21.2. The van der Waals surface area contributed by atoms with Crippen LogP contribution in [0.2, 0.25) is 18.1 Å². The summed E-state index contributed by atoms with van der Waals surface area (Å²) in [6.45, 7) is 16.9. The average molecular weight is 480 g/mol. The van der Waals surface area contributed by atoms with E-state index in [-0.39, 0.29) is 0 Å². The summed E-state index contributed by atoms with van der Waals surface area (Å²) in [7, 11) is -1.69. The second kappa shape index (κ2) is 7.48. The largest absolute Gasteiger partial charge is 0.414 e. The van der Waals surface area contributed by atoms with Gasteiger partial charge in [0.25, 0.3) is 0 Å². The standard InChI is InChI=1S/C20H36Br2OSi/c1-14(13-18(21)22)15-10-11-16-17(9-8-12-20(15,16)5)23-24(6,7)19(2,3)4/h13-17H,8-12H2,1-7H3/t14-,15-,16?,17+,20-/m1/s1. The number of hydrogen-bond acceptors (Lipinski definition) is 1. The van der Waals surface area contributed by atoms with Gasteiger partial charge >= 0.3 is 0 Å². The van der Waals surface area contributed by atoms with Gasteiger partial charge in [0.1, 0.15) is 0 Å². The summed E-state index contributed by atoms with van der Waals surface area (Å²) in [4.78, 5) is 0. The van der Waals surface area contributed by atoms with E-state index < -0.39 is 8.32 Å². The summed E-state index contributed by atoms with van der Waals surface area (Å²) < 4.78 is 8.03. The van der Waals surface area contributed by atoms with Crippen molar-refractivity contribution in [1.29, 1.82) is 0 Å². The Balaban J connectivity index is 2.19. The molecule has 0 aromatic carbocycles. The Labute approximate surface area is 167 Å². The lowest BCUT2D eigenvalue weighted by Crippen LogP contribution is -2.50. The van der Waals surface area contributed by atoms with Crippen molar-refractivity contribution in [1.82, 2.24) is 0 Å². The van der Waals surface area contributed by atoms with Crippen LogP contribution in [0.3, 0.4) is 0 Å². The predicted octanol–water partition coefficient (Wildman–Crippen LogP) is 7.86. The smallest absolute Gasteiger partial charge is 0.192 e. The molecule has 0 saturated heterocycles. The highest BCUT2D eigenvalue weighted by Gasteiger charge is 2.54. The maximum Gasteiger partial charge on any atom is 0.192 e. The van der Waals surface area contributed by atoms with Crippen LogP contribution in [0, 0.1) is 23.2 Å². The van der Waals surface area contributed by atoms with Gasteiger partial charge in [-0.15, -0.1) is 0 Å². The van der Waals surface area contributed by atoms with E-state index in [9.17, 15) is 0 Å². The zero-order valence-corrected chi connectivity index (χ0v) is 20.8. The molecule has 2 saturated carbocycles. The zero-order chi connectivity index (χ0) is 18.3. The van der Waals surface area contributed by atoms with Gasteiger partial charge in [-0.05, 0) is 98.8 Å². The molecule has 0 aliphatic heterocycles. The van der Waals surface area contributed by atoms with E-state index in [0.717, 1.165) is 15.2 Å². The van der Waals surface area contributed by atoms with Gasteiger partial charge in [0.05, 0.1) is 3.39 Å². The highest BCUT2D eigenvalue weighted by molar-refractivity contribution is 9.28. The van der Waals surface area contributed by atoms with E-state index in [0.29, 0.717) is 22.5 Å². The second-order valence-electron chi connectivity index (χ2n) is 9.92. The summed E-state index contributed by atoms with van der Waals surface area (Å²) in [5.74, 6) is 2.13. The molecular formula is C20H36Br2OSi. The highest BCUT2D eigenvalue weighted by atomic mass is 79.9. The molecule has 2 aliphatic rings. The minimum absolute atomic E-state index is 0.301. The normalized spacial score (nSPS) is 35.5. The molecule has 0 spiro atoms. The summed E-state index contributed by atoms with van der Waals surface area (Å²) in [6, 6.07) is 0. The Bertz CT molecular complexity index is 479. The van der Waals surface area contributed by atoms with Crippen LogP contribution in [0.25, 0.3) is 0 Å². The van der Waals surface area contributed by atoms with Gasteiger partial charge in [-0.1, -0.05) is 47.1 Å². The van der Waals surface area contributed by atoms with Gasteiger partial charge in [-0.3, -0.25) is 0 Å². The van der Waals surface area contributed by atoms with Crippen LogP contribution in [0.1, 0.15) is 66.7 Å². The van der Waals surface area contributed by atoms with Crippen molar-refractivity contribution in [2.75, 3.05) is 0 Å². The Morgan fingerprint density at radius 2 is 1.83 bits per heavy atom. The maximum atomic E-state index is 6.94. The van der Waals surface area contributed by atoms with E-state index in [1.165, 1.54) is 32.1 Å². The zero-order valence-electron chi connectivity index (χ0n) is 16.6. The third kappa shape index (κ3) is 4.23. The molecule has 2 aliphatic carbocycles. The third-order valence-electron chi connectivity index (χ3n) is 7.41. The molecule has 0 N–H and O–H groups in total. The fraction of sp³-hybridized carbons (Fsp3) is 0.900. The first-order chi connectivity index (χ1) is 10.9. The van der Waals surface area contributed by atoms with Gasteiger partial charge in [-0.25, -0.2) is 0 Å². The van der Waals surface area contributed by atoms with Crippen LogP contribution >= 0.6 is 31.9 Å². The molecule has 4 heteroatoms. The summed E-state index contributed by atoms with van der Waals surface area (Å²) in [5, 5.41) is 0.301. The number of rotatable bonds is 4. The van der Waals surface area contributed by atoms with Gasteiger partial charge < -0.3 is 4.43 Å². The fourth-order valence-electron chi connectivity index (χ4n) is 5.03. The van der Waals surface area contributed by atoms with Crippen LogP contribution in [0.5, 0.6) is 0 Å². The minimum Gasteiger partial charge on any atom is -0.414 e. The van der Waals surface area contributed by atoms with Crippen molar-refractivity contribution in [3.63, 3.8) is 0 Å². The SMILES string of the molecule is C[C@H](C=C(Br)Br)[C@H]1CCC2[C@@H](O[Si](C)(C)C(C)(C)C)CCC[C@@]21C. The van der Waals surface area contributed by atoms with E-state index in [2.05, 4.69) is 85.6 Å². The summed E-state index contributed by atoms with van der Waals surface area (Å²) in [6.07, 6.45) is 9.50. The minimum atomic E-state index is -1.69. The van der Waals surface area contributed by atoms with Crippen LogP contribution in [0.15, 0.2) is 9.47 Å². The number of halogens is 2. The molecular weight excluding hydrogens is 444 g/mol. The van der Waals surface area contributed by atoms with Crippen LogP contribution in [-0.2, 0) is 4.43 Å². The molecule has 1 nitrogen and oxygen atoms in total. The van der Waals surface area contributed by atoms with Crippen LogP contribution in [0.4, 0.5) is 0 Å². The van der Waals surface area contributed by atoms with Gasteiger partial charge in [0, 0.05) is 6.10 Å². The Hall–Kier alpha value is 0.877.